The largest absolute Gasteiger partial charge is 0.492 e. The minimum Gasteiger partial charge on any atom is -0.492 e. The van der Waals surface area contributed by atoms with E-state index in [-0.39, 0.29) is 36.2 Å². The van der Waals surface area contributed by atoms with Crippen LogP contribution in [0.4, 0.5) is 10.1 Å². The SMILES string of the molecule is CN(C)S(=O)(=O)N(Cc1ccc(C(=O)NCCOc2ccc(S(=O)(=O)N3CCCCC3)cc2)cc1)c1ccccc1F. The van der Waals surface area contributed by atoms with Crippen molar-refractivity contribution in [1.82, 2.24) is 13.9 Å². The van der Waals surface area contributed by atoms with Gasteiger partial charge in [-0.3, -0.25) is 9.10 Å². The number of halogens is 1. The first kappa shape index (κ1) is 31.4. The summed E-state index contributed by atoms with van der Waals surface area (Å²) in [6, 6.07) is 18.2. The molecule has 0 aliphatic carbocycles. The number of carbonyl (C=O) groups is 1. The average Bonchev–Trinajstić information content (AvgIpc) is 2.99. The Hall–Kier alpha value is -3.52. The molecule has 0 bridgehead atoms. The molecule has 10 nitrogen and oxygen atoms in total. The number of carbonyl (C=O) groups excluding carboxylic acids is 1. The molecule has 226 valence electrons. The Morgan fingerprint density at radius 3 is 2.17 bits per heavy atom. The first-order valence-electron chi connectivity index (χ1n) is 13.5. The Labute approximate surface area is 246 Å². The number of benzene rings is 3. The molecule has 3 aromatic carbocycles. The van der Waals surface area contributed by atoms with Crippen LogP contribution in [0.15, 0.2) is 77.7 Å². The van der Waals surface area contributed by atoms with Gasteiger partial charge in [-0.15, -0.1) is 0 Å². The summed E-state index contributed by atoms with van der Waals surface area (Å²) in [5.41, 5.74) is 0.847. The monoisotopic (exact) mass is 618 g/mol. The summed E-state index contributed by atoms with van der Waals surface area (Å²) in [4.78, 5) is 12.8. The van der Waals surface area contributed by atoms with Gasteiger partial charge in [-0.2, -0.15) is 17.0 Å². The molecule has 0 unspecified atom stereocenters. The summed E-state index contributed by atoms with van der Waals surface area (Å²) in [5, 5.41) is 2.75. The van der Waals surface area contributed by atoms with Gasteiger partial charge in [0.2, 0.25) is 10.0 Å². The summed E-state index contributed by atoms with van der Waals surface area (Å²) >= 11 is 0. The number of hydrogen-bond donors (Lipinski definition) is 1. The fourth-order valence-electron chi connectivity index (χ4n) is 4.47. The number of nitrogens with zero attached hydrogens (tertiary/aromatic N) is 3. The molecule has 1 amide bonds. The van der Waals surface area contributed by atoms with Gasteiger partial charge in [-0.25, -0.2) is 12.8 Å². The van der Waals surface area contributed by atoms with Gasteiger partial charge in [0.25, 0.3) is 5.91 Å². The third-order valence-electron chi connectivity index (χ3n) is 6.84. The lowest BCUT2D eigenvalue weighted by molar-refractivity contribution is 0.0947. The number of hydrogen-bond acceptors (Lipinski definition) is 6. The maximum Gasteiger partial charge on any atom is 0.303 e. The second kappa shape index (κ2) is 13.6. The topological polar surface area (TPSA) is 116 Å². The summed E-state index contributed by atoms with van der Waals surface area (Å²) in [7, 11) is -4.76. The summed E-state index contributed by atoms with van der Waals surface area (Å²) in [5.74, 6) is -0.530. The Bertz CT molecular complexity index is 1580. The third-order valence-corrected chi connectivity index (χ3v) is 10.6. The van der Waals surface area contributed by atoms with E-state index in [1.54, 1.807) is 42.5 Å². The Morgan fingerprint density at radius 2 is 1.55 bits per heavy atom. The molecule has 1 saturated heterocycles. The maximum atomic E-state index is 14.5. The Kier molecular flexibility index (Phi) is 10.2. The first-order chi connectivity index (χ1) is 20.0. The smallest absolute Gasteiger partial charge is 0.303 e. The fourth-order valence-corrected chi connectivity index (χ4v) is 7.09. The van der Waals surface area contributed by atoms with Crippen LogP contribution in [-0.4, -0.2) is 71.7 Å². The lowest BCUT2D eigenvalue weighted by atomic mass is 10.1. The molecule has 0 aromatic heterocycles. The molecular formula is C29H35FN4O6S2. The van der Waals surface area contributed by atoms with Crippen molar-refractivity contribution < 1.29 is 30.8 Å². The molecule has 42 heavy (non-hydrogen) atoms. The molecule has 13 heteroatoms. The second-order valence-corrected chi connectivity index (χ2v) is 14.0. The van der Waals surface area contributed by atoms with E-state index in [1.165, 1.54) is 48.7 Å². The number of rotatable bonds is 12. The molecule has 0 spiro atoms. The Morgan fingerprint density at radius 1 is 0.905 bits per heavy atom. The highest BCUT2D eigenvalue weighted by atomic mass is 32.2. The van der Waals surface area contributed by atoms with Crippen LogP contribution in [0.3, 0.4) is 0 Å². The zero-order chi connectivity index (χ0) is 30.3. The maximum absolute atomic E-state index is 14.5. The molecule has 1 aliphatic heterocycles. The zero-order valence-corrected chi connectivity index (χ0v) is 25.2. The van der Waals surface area contributed by atoms with Gasteiger partial charge in [0.05, 0.1) is 23.7 Å². The van der Waals surface area contributed by atoms with Crippen LogP contribution < -0.4 is 14.4 Å². The number of nitrogens with one attached hydrogen (secondary N) is 1. The van der Waals surface area contributed by atoms with Crippen molar-refractivity contribution in [3.05, 3.63) is 89.7 Å². The van der Waals surface area contributed by atoms with Crippen molar-refractivity contribution in [2.24, 2.45) is 0 Å². The van der Waals surface area contributed by atoms with E-state index in [2.05, 4.69) is 5.32 Å². The molecule has 1 heterocycles. The predicted octanol–water partition coefficient (Wildman–Crippen LogP) is 3.62. The molecule has 1 aliphatic rings. The van der Waals surface area contributed by atoms with Gasteiger partial charge < -0.3 is 10.1 Å². The molecule has 0 radical (unpaired) electrons. The normalized spacial score (nSPS) is 14.5. The highest BCUT2D eigenvalue weighted by molar-refractivity contribution is 7.90. The second-order valence-electron chi connectivity index (χ2n) is 9.99. The number of sulfonamides is 1. The molecule has 1 fully saturated rings. The van der Waals surface area contributed by atoms with Gasteiger partial charge in [0.15, 0.2) is 0 Å². The van der Waals surface area contributed by atoms with Crippen LogP contribution in [0, 0.1) is 5.82 Å². The quantitative estimate of drug-likeness (QED) is 0.310. The van der Waals surface area contributed by atoms with E-state index >= 15 is 0 Å². The molecule has 0 saturated carbocycles. The third kappa shape index (κ3) is 7.46. The van der Waals surface area contributed by atoms with Gasteiger partial charge in [-0.1, -0.05) is 30.7 Å². The average molecular weight is 619 g/mol. The van der Waals surface area contributed by atoms with Crippen molar-refractivity contribution in [2.45, 2.75) is 30.7 Å². The fraction of sp³-hybridized carbons (Fsp3) is 0.345. The van der Waals surface area contributed by atoms with Crippen molar-refractivity contribution in [2.75, 3.05) is 44.6 Å². The van der Waals surface area contributed by atoms with Crippen LogP contribution >= 0.6 is 0 Å². The number of anilines is 1. The van der Waals surface area contributed by atoms with E-state index in [0.29, 0.717) is 30.0 Å². The minimum absolute atomic E-state index is 0.0775. The standard InChI is InChI=1S/C29H35FN4O6S2/c1-32(2)42(38,39)34(28-9-5-4-8-27(28)30)22-23-10-12-24(13-11-23)29(35)31-18-21-40-25-14-16-26(17-15-25)41(36,37)33-19-6-3-7-20-33/h4-5,8-17H,3,6-7,18-22H2,1-2H3,(H,31,35). The molecule has 4 rings (SSSR count). The number of para-hydroxylation sites is 1. The highest BCUT2D eigenvalue weighted by Gasteiger charge is 2.28. The van der Waals surface area contributed by atoms with Crippen molar-refractivity contribution >= 4 is 31.8 Å². The van der Waals surface area contributed by atoms with Crippen LogP contribution in [0.1, 0.15) is 35.2 Å². The van der Waals surface area contributed by atoms with Crippen LogP contribution in [0.5, 0.6) is 5.75 Å². The van der Waals surface area contributed by atoms with Crippen LogP contribution in [0.25, 0.3) is 0 Å². The Balaban J connectivity index is 1.30. The van der Waals surface area contributed by atoms with E-state index in [1.807, 2.05) is 0 Å². The van der Waals surface area contributed by atoms with Crippen molar-refractivity contribution in [3.63, 3.8) is 0 Å². The first-order valence-corrected chi connectivity index (χ1v) is 16.4. The lowest BCUT2D eigenvalue weighted by Gasteiger charge is -2.27. The molecule has 1 N–H and O–H groups in total. The van der Waals surface area contributed by atoms with Gasteiger partial charge in [-0.05, 0) is 66.9 Å². The zero-order valence-electron chi connectivity index (χ0n) is 23.6. The summed E-state index contributed by atoms with van der Waals surface area (Å²) in [6.07, 6.45) is 2.77. The molecule has 3 aromatic rings. The summed E-state index contributed by atoms with van der Waals surface area (Å²) in [6.45, 7) is 1.31. The van der Waals surface area contributed by atoms with E-state index in [9.17, 15) is 26.0 Å². The van der Waals surface area contributed by atoms with E-state index < -0.39 is 26.0 Å². The van der Waals surface area contributed by atoms with Crippen LogP contribution in [0.2, 0.25) is 0 Å². The number of amides is 1. The van der Waals surface area contributed by atoms with Crippen molar-refractivity contribution in [1.29, 1.82) is 0 Å². The molecular weight excluding hydrogens is 583 g/mol. The number of ether oxygens (including phenoxy) is 1. The summed E-state index contributed by atoms with van der Waals surface area (Å²) < 4.78 is 75.0. The highest BCUT2D eigenvalue weighted by Crippen LogP contribution is 2.26. The molecule has 0 atom stereocenters. The van der Waals surface area contributed by atoms with Crippen molar-refractivity contribution in [3.8, 4) is 5.75 Å². The van der Waals surface area contributed by atoms with Gasteiger partial charge in [0.1, 0.15) is 18.2 Å². The minimum atomic E-state index is -3.99. The van der Waals surface area contributed by atoms with E-state index in [0.717, 1.165) is 27.9 Å². The van der Waals surface area contributed by atoms with E-state index in [4.69, 9.17) is 4.74 Å². The van der Waals surface area contributed by atoms with Gasteiger partial charge in [0, 0.05) is 32.7 Å². The van der Waals surface area contributed by atoms with Gasteiger partial charge >= 0.3 is 10.2 Å². The lowest BCUT2D eigenvalue weighted by Crippen LogP contribution is -2.40. The van der Waals surface area contributed by atoms with Crippen LogP contribution in [-0.2, 0) is 26.8 Å². The predicted molar refractivity (Wildman–Crippen MR) is 159 cm³/mol. The number of piperidine rings is 1.